The highest BCUT2D eigenvalue weighted by Gasteiger charge is 2.13. The van der Waals surface area contributed by atoms with Gasteiger partial charge >= 0.3 is 5.97 Å². The third kappa shape index (κ3) is 4.13. The van der Waals surface area contributed by atoms with Crippen LogP contribution in [0.25, 0.3) is 0 Å². The molecule has 0 atom stereocenters. The van der Waals surface area contributed by atoms with Crippen LogP contribution in [-0.2, 0) is 4.74 Å². The number of hydrogen-bond acceptors (Lipinski definition) is 3. The van der Waals surface area contributed by atoms with Crippen molar-refractivity contribution in [1.29, 1.82) is 0 Å². The normalized spacial score (nSPS) is 9.55. The van der Waals surface area contributed by atoms with Crippen LogP contribution in [0.4, 0.5) is 0 Å². The summed E-state index contributed by atoms with van der Waals surface area (Å²) >= 11 is 0. The number of carbonyl (C=O) groups is 1. The zero-order valence-corrected chi connectivity index (χ0v) is 12.8. The predicted molar refractivity (Wildman–Crippen MR) is 86.0 cm³/mol. The first-order valence-electron chi connectivity index (χ1n) is 7.17. The topological polar surface area (TPSA) is 35.5 Å². The summed E-state index contributed by atoms with van der Waals surface area (Å²) in [6, 6.07) is 15.0. The Morgan fingerprint density at radius 1 is 1.05 bits per heavy atom. The fourth-order valence-corrected chi connectivity index (χ4v) is 1.88. The van der Waals surface area contributed by atoms with Crippen molar-refractivity contribution in [2.75, 3.05) is 13.7 Å². The summed E-state index contributed by atoms with van der Waals surface area (Å²) in [5.41, 5.74) is 2.07. The van der Waals surface area contributed by atoms with Crippen molar-refractivity contribution in [2.24, 2.45) is 0 Å². The summed E-state index contributed by atoms with van der Waals surface area (Å²) in [5.74, 6) is 6.22. The average molecular weight is 294 g/mol. The van der Waals surface area contributed by atoms with Crippen LogP contribution in [0.2, 0.25) is 0 Å². The molecule has 0 N–H and O–H groups in total. The monoisotopic (exact) mass is 294 g/mol. The molecule has 2 rings (SSSR count). The van der Waals surface area contributed by atoms with Crippen LogP contribution in [0.1, 0.15) is 34.8 Å². The van der Waals surface area contributed by atoms with Gasteiger partial charge in [-0.15, -0.1) is 0 Å². The van der Waals surface area contributed by atoms with E-state index in [-0.39, 0.29) is 0 Å². The smallest absolute Gasteiger partial charge is 0.341 e. The lowest BCUT2D eigenvalue weighted by molar-refractivity contribution is 0.0596. The standard InChI is InChI=1S/C19H18O3/c1-3-13-22-18-12-11-16(14-17(18)19(20)21-2)10-9-15-7-5-4-6-8-15/h4-8,11-12,14H,3,13H2,1-2H3. The van der Waals surface area contributed by atoms with Crippen molar-refractivity contribution in [2.45, 2.75) is 13.3 Å². The molecule has 0 spiro atoms. The molecule has 3 heteroatoms. The second-order valence-corrected chi connectivity index (χ2v) is 4.67. The maximum absolute atomic E-state index is 11.9. The van der Waals surface area contributed by atoms with Crippen molar-refractivity contribution < 1.29 is 14.3 Å². The summed E-state index contributed by atoms with van der Waals surface area (Å²) in [6.45, 7) is 2.57. The molecule has 22 heavy (non-hydrogen) atoms. The summed E-state index contributed by atoms with van der Waals surface area (Å²) in [6.07, 6.45) is 0.871. The van der Waals surface area contributed by atoms with Crippen LogP contribution in [0.5, 0.6) is 5.75 Å². The number of esters is 1. The van der Waals surface area contributed by atoms with Gasteiger partial charge in [0.25, 0.3) is 0 Å². The van der Waals surface area contributed by atoms with Gasteiger partial charge in [0.05, 0.1) is 13.7 Å². The highest BCUT2D eigenvalue weighted by molar-refractivity contribution is 5.93. The molecule has 3 nitrogen and oxygen atoms in total. The van der Waals surface area contributed by atoms with E-state index in [1.807, 2.05) is 43.3 Å². The lowest BCUT2D eigenvalue weighted by Gasteiger charge is -2.09. The second kappa shape index (κ2) is 7.90. The maximum atomic E-state index is 11.9. The number of ether oxygens (including phenoxy) is 2. The summed E-state index contributed by atoms with van der Waals surface area (Å²) in [7, 11) is 1.36. The van der Waals surface area contributed by atoms with Crippen molar-refractivity contribution in [3.8, 4) is 17.6 Å². The first-order valence-corrected chi connectivity index (χ1v) is 7.17. The van der Waals surface area contributed by atoms with E-state index in [2.05, 4.69) is 11.8 Å². The van der Waals surface area contributed by atoms with Crippen LogP contribution < -0.4 is 4.74 Å². The van der Waals surface area contributed by atoms with Crippen LogP contribution >= 0.6 is 0 Å². The van der Waals surface area contributed by atoms with E-state index in [1.54, 1.807) is 12.1 Å². The molecule has 0 aliphatic rings. The maximum Gasteiger partial charge on any atom is 0.341 e. The van der Waals surface area contributed by atoms with Crippen LogP contribution in [-0.4, -0.2) is 19.7 Å². The quantitative estimate of drug-likeness (QED) is 0.637. The molecule has 0 aliphatic heterocycles. The number of rotatable bonds is 4. The lowest BCUT2D eigenvalue weighted by Crippen LogP contribution is -2.06. The number of benzene rings is 2. The number of carbonyl (C=O) groups excluding carboxylic acids is 1. The Morgan fingerprint density at radius 2 is 1.77 bits per heavy atom. The third-order valence-electron chi connectivity index (χ3n) is 2.97. The van der Waals surface area contributed by atoms with E-state index in [0.717, 1.165) is 17.5 Å². The molecule has 0 bridgehead atoms. The molecule has 0 amide bonds. The Bertz CT molecular complexity index is 694. The van der Waals surface area contributed by atoms with Gasteiger partial charge in [-0.3, -0.25) is 0 Å². The van der Waals surface area contributed by atoms with Crippen LogP contribution in [0, 0.1) is 11.8 Å². The average Bonchev–Trinajstić information content (AvgIpc) is 2.58. The highest BCUT2D eigenvalue weighted by Crippen LogP contribution is 2.21. The van der Waals surface area contributed by atoms with Crippen LogP contribution in [0.15, 0.2) is 48.5 Å². The molecule has 0 saturated heterocycles. The van der Waals surface area contributed by atoms with Gasteiger partial charge in [0.15, 0.2) is 0 Å². The van der Waals surface area contributed by atoms with Crippen molar-refractivity contribution in [3.63, 3.8) is 0 Å². The Labute approximate surface area is 130 Å². The third-order valence-corrected chi connectivity index (χ3v) is 2.97. The second-order valence-electron chi connectivity index (χ2n) is 4.67. The minimum Gasteiger partial charge on any atom is -0.493 e. The summed E-state index contributed by atoms with van der Waals surface area (Å²) in [4.78, 5) is 11.9. The van der Waals surface area contributed by atoms with Crippen molar-refractivity contribution in [3.05, 3.63) is 65.2 Å². The first-order chi connectivity index (χ1) is 10.7. The fraction of sp³-hybridized carbons (Fsp3) is 0.211. The van der Waals surface area contributed by atoms with Crippen LogP contribution in [0.3, 0.4) is 0 Å². The zero-order valence-electron chi connectivity index (χ0n) is 12.8. The van der Waals surface area contributed by atoms with Gasteiger partial charge in [0, 0.05) is 11.1 Å². The van der Waals surface area contributed by atoms with E-state index in [9.17, 15) is 4.79 Å². The molecule has 0 fully saturated rings. The summed E-state index contributed by atoms with van der Waals surface area (Å²) in [5, 5.41) is 0. The Kier molecular flexibility index (Phi) is 5.62. The van der Waals surface area contributed by atoms with Gasteiger partial charge in [0.2, 0.25) is 0 Å². The molecule has 0 saturated carbocycles. The number of methoxy groups -OCH3 is 1. The molecule has 0 unspecified atom stereocenters. The predicted octanol–water partition coefficient (Wildman–Crippen LogP) is 3.66. The summed E-state index contributed by atoms with van der Waals surface area (Å²) < 4.78 is 10.4. The Hall–Kier alpha value is -2.73. The van der Waals surface area contributed by atoms with Gasteiger partial charge < -0.3 is 9.47 Å². The van der Waals surface area contributed by atoms with E-state index < -0.39 is 5.97 Å². The molecule has 0 aliphatic carbocycles. The van der Waals surface area contributed by atoms with E-state index >= 15 is 0 Å². The molecular formula is C19H18O3. The van der Waals surface area contributed by atoms with Gasteiger partial charge in [-0.2, -0.15) is 0 Å². The van der Waals surface area contributed by atoms with E-state index in [0.29, 0.717) is 17.9 Å². The molecule has 0 aromatic heterocycles. The SMILES string of the molecule is CCCOc1ccc(C#Cc2ccccc2)cc1C(=O)OC. The van der Waals surface area contributed by atoms with E-state index in [1.165, 1.54) is 7.11 Å². The zero-order chi connectivity index (χ0) is 15.8. The first kappa shape index (κ1) is 15.7. The minimum atomic E-state index is -0.422. The lowest BCUT2D eigenvalue weighted by atomic mass is 10.1. The number of hydrogen-bond donors (Lipinski definition) is 0. The van der Waals surface area contributed by atoms with Crippen molar-refractivity contribution in [1.82, 2.24) is 0 Å². The molecule has 0 heterocycles. The minimum absolute atomic E-state index is 0.399. The largest absolute Gasteiger partial charge is 0.493 e. The van der Waals surface area contributed by atoms with Gasteiger partial charge in [-0.1, -0.05) is 37.0 Å². The van der Waals surface area contributed by atoms with Crippen molar-refractivity contribution >= 4 is 5.97 Å². The molecule has 2 aromatic carbocycles. The molecular weight excluding hydrogens is 276 g/mol. The molecule has 2 aromatic rings. The van der Waals surface area contributed by atoms with E-state index in [4.69, 9.17) is 9.47 Å². The van der Waals surface area contributed by atoms with Gasteiger partial charge in [-0.25, -0.2) is 4.79 Å². The molecule has 112 valence electrons. The fourth-order valence-electron chi connectivity index (χ4n) is 1.88. The highest BCUT2D eigenvalue weighted by atomic mass is 16.5. The molecule has 0 radical (unpaired) electrons. The Balaban J connectivity index is 2.30. The van der Waals surface area contributed by atoms with Gasteiger partial charge in [-0.05, 0) is 36.8 Å². The Morgan fingerprint density at radius 3 is 2.45 bits per heavy atom. The van der Waals surface area contributed by atoms with Gasteiger partial charge in [0.1, 0.15) is 11.3 Å².